The van der Waals surface area contributed by atoms with Crippen molar-refractivity contribution in [2.45, 2.75) is 13.1 Å². The first-order valence-corrected chi connectivity index (χ1v) is 16.9. The zero-order valence-electron chi connectivity index (χ0n) is 29.0. The highest BCUT2D eigenvalue weighted by molar-refractivity contribution is 6.35. The van der Waals surface area contributed by atoms with Crippen molar-refractivity contribution >= 4 is 46.3 Å². The van der Waals surface area contributed by atoms with Crippen LogP contribution in [0.15, 0.2) is 43.0 Å². The van der Waals surface area contributed by atoms with Crippen LogP contribution in [0.4, 0.5) is 16.3 Å². The number of nitrogen functional groups attached to an aromatic ring is 1. The van der Waals surface area contributed by atoms with Gasteiger partial charge in [-0.15, -0.1) is 0 Å². The van der Waals surface area contributed by atoms with Gasteiger partial charge in [-0.1, -0.05) is 17.7 Å². The van der Waals surface area contributed by atoms with Crippen LogP contribution in [0.2, 0.25) is 5.02 Å². The fourth-order valence-electron chi connectivity index (χ4n) is 6.01. The van der Waals surface area contributed by atoms with Crippen molar-refractivity contribution in [1.82, 2.24) is 49.9 Å². The lowest BCUT2D eigenvalue weighted by Gasteiger charge is -2.31. The first-order valence-electron chi connectivity index (χ1n) is 16.5. The van der Waals surface area contributed by atoms with Gasteiger partial charge in [-0.3, -0.25) is 34.7 Å². The molecule has 2 fully saturated rings. The Morgan fingerprint density at radius 1 is 0.942 bits per heavy atom. The van der Waals surface area contributed by atoms with Crippen LogP contribution in [0.1, 0.15) is 21.7 Å². The molecule has 0 atom stereocenters. The minimum Gasteiger partial charge on any atom is -0.495 e. The highest BCUT2D eigenvalue weighted by atomic mass is 35.5. The Kier molecular flexibility index (Phi) is 11.4. The standard InChI is InChI=1S/C25H23ClFN7O4.C9H17N5/c1-37-16-9-17(38-2)21(27)19(20(16)26)14-3-4-15(23-22(14)29-5-6-30-23)24(36)33-25-31-10-13(32-25)11-34-8-7-28-18(35)12-34;1-13-2-4-14(5-3-13)7-8-6-11-9(10)12-8/h3-6,9-10H,7-8,11-12H2,1-2H3,(H,28,35)(H2,31,32,33,36);6H,2-5,7H2,1H3,(H3,10,11,12). The van der Waals surface area contributed by atoms with Crippen LogP contribution < -0.4 is 25.8 Å². The van der Waals surface area contributed by atoms with Gasteiger partial charge >= 0.3 is 0 Å². The van der Waals surface area contributed by atoms with Gasteiger partial charge in [0.25, 0.3) is 5.91 Å². The Labute approximate surface area is 303 Å². The van der Waals surface area contributed by atoms with Gasteiger partial charge in [0.2, 0.25) is 11.9 Å². The van der Waals surface area contributed by atoms with E-state index < -0.39 is 11.7 Å². The number of rotatable bonds is 9. The zero-order valence-corrected chi connectivity index (χ0v) is 29.8. The number of benzene rings is 2. The number of H-pyrrole nitrogens is 2. The van der Waals surface area contributed by atoms with Crippen LogP contribution in [0.5, 0.6) is 11.5 Å². The number of amides is 2. The smallest absolute Gasteiger partial charge is 0.260 e. The number of nitrogens with two attached hydrogens (primary N) is 1. The molecule has 274 valence electrons. The summed E-state index contributed by atoms with van der Waals surface area (Å²) in [5.41, 5.74) is 8.40. The third-order valence-electron chi connectivity index (χ3n) is 8.72. The van der Waals surface area contributed by atoms with Gasteiger partial charge in [-0.05, 0) is 13.1 Å². The molecular weight excluding hydrogens is 695 g/mol. The minimum absolute atomic E-state index is 0.0161. The number of piperazine rings is 2. The van der Waals surface area contributed by atoms with E-state index in [1.165, 1.54) is 38.7 Å². The largest absolute Gasteiger partial charge is 0.495 e. The first-order chi connectivity index (χ1) is 25.1. The van der Waals surface area contributed by atoms with E-state index >= 15 is 4.39 Å². The quantitative estimate of drug-likeness (QED) is 0.149. The summed E-state index contributed by atoms with van der Waals surface area (Å²) < 4.78 is 25.8. The molecule has 5 aromatic rings. The van der Waals surface area contributed by atoms with Crippen LogP contribution in [-0.2, 0) is 17.9 Å². The number of ether oxygens (including phenoxy) is 2. The maximum atomic E-state index is 15.4. The van der Waals surface area contributed by atoms with Crippen LogP contribution in [0.25, 0.3) is 22.2 Å². The molecule has 0 radical (unpaired) electrons. The Balaban J connectivity index is 0.000000276. The maximum Gasteiger partial charge on any atom is 0.260 e. The molecule has 2 aliphatic rings. The number of likely N-dealkylation sites (N-methyl/N-ethyl adjacent to an activating group) is 1. The zero-order chi connectivity index (χ0) is 36.8. The number of imidazole rings is 2. The summed E-state index contributed by atoms with van der Waals surface area (Å²) in [4.78, 5) is 54.6. The van der Waals surface area contributed by atoms with E-state index in [0.717, 1.165) is 44.1 Å². The van der Waals surface area contributed by atoms with Crippen LogP contribution >= 0.6 is 11.6 Å². The van der Waals surface area contributed by atoms with Gasteiger partial charge in [0.15, 0.2) is 17.5 Å². The molecule has 18 heteroatoms. The maximum absolute atomic E-state index is 15.4. The predicted octanol–water partition coefficient (Wildman–Crippen LogP) is 2.75. The lowest BCUT2D eigenvalue weighted by Crippen LogP contribution is -2.47. The van der Waals surface area contributed by atoms with Crippen molar-refractivity contribution in [3.8, 4) is 22.6 Å². The first kappa shape index (κ1) is 36.4. The fraction of sp³-hybridized carbons (Fsp3) is 0.353. The van der Waals surface area contributed by atoms with Gasteiger partial charge in [-0.2, -0.15) is 0 Å². The number of carbonyl (C=O) groups excluding carboxylic acids is 2. The van der Waals surface area contributed by atoms with Crippen molar-refractivity contribution in [2.75, 3.05) is 78.1 Å². The number of nitrogens with one attached hydrogen (secondary N) is 4. The van der Waals surface area contributed by atoms with Crippen molar-refractivity contribution in [3.05, 3.63) is 70.8 Å². The number of aromatic nitrogens is 6. The van der Waals surface area contributed by atoms with Crippen molar-refractivity contribution < 1.29 is 23.5 Å². The van der Waals surface area contributed by atoms with E-state index in [9.17, 15) is 9.59 Å². The molecule has 2 amide bonds. The summed E-state index contributed by atoms with van der Waals surface area (Å²) in [5, 5.41) is 5.53. The molecule has 0 unspecified atom stereocenters. The lowest BCUT2D eigenvalue weighted by molar-refractivity contribution is -0.124. The normalized spacial score (nSPS) is 15.5. The van der Waals surface area contributed by atoms with E-state index in [4.69, 9.17) is 26.8 Å². The van der Waals surface area contributed by atoms with Crippen LogP contribution in [0.3, 0.4) is 0 Å². The number of methoxy groups -OCH3 is 2. The van der Waals surface area contributed by atoms with Gasteiger partial charge in [0.05, 0.1) is 60.6 Å². The van der Waals surface area contributed by atoms with Gasteiger partial charge < -0.3 is 35.4 Å². The molecule has 6 N–H and O–H groups in total. The average molecular weight is 735 g/mol. The summed E-state index contributed by atoms with van der Waals surface area (Å²) >= 11 is 6.48. The monoisotopic (exact) mass is 734 g/mol. The number of anilines is 2. The summed E-state index contributed by atoms with van der Waals surface area (Å²) in [7, 11) is 4.91. The molecule has 16 nitrogen and oxygen atoms in total. The molecule has 2 aromatic carbocycles. The fourth-order valence-corrected chi connectivity index (χ4v) is 6.33. The van der Waals surface area contributed by atoms with Crippen LogP contribution in [0, 0.1) is 5.82 Å². The Hall–Kier alpha value is -5.36. The van der Waals surface area contributed by atoms with E-state index in [2.05, 4.69) is 57.4 Å². The van der Waals surface area contributed by atoms with E-state index in [-0.39, 0.29) is 50.5 Å². The second-order valence-corrected chi connectivity index (χ2v) is 12.7. The molecule has 3 aromatic heterocycles. The number of aromatic amines is 2. The molecule has 0 spiro atoms. The Morgan fingerprint density at radius 2 is 1.63 bits per heavy atom. The highest BCUT2D eigenvalue weighted by Crippen LogP contribution is 2.44. The number of carbonyl (C=O) groups is 2. The summed E-state index contributed by atoms with van der Waals surface area (Å²) in [6.07, 6.45) is 6.29. The molecule has 0 saturated carbocycles. The van der Waals surface area contributed by atoms with E-state index in [1.54, 1.807) is 12.3 Å². The summed E-state index contributed by atoms with van der Waals surface area (Å²) in [5.74, 6) is -0.314. The molecule has 0 bridgehead atoms. The van der Waals surface area contributed by atoms with E-state index in [1.807, 2.05) is 11.1 Å². The Bertz CT molecular complexity index is 2020. The SMILES string of the molecule is CN1CCN(Cc2cnc(N)[nH]2)CC1.COc1cc(OC)c(Cl)c(-c2ccc(C(=O)Nc3ncc(CN4CCNC(=O)C4)[nH]3)c3nccnc23)c1F. The molecule has 2 saturated heterocycles. The van der Waals surface area contributed by atoms with Gasteiger partial charge in [-0.25, -0.2) is 14.4 Å². The topological polar surface area (TPSA) is 196 Å². The third kappa shape index (κ3) is 8.39. The number of hydrogen-bond donors (Lipinski definition) is 5. The Morgan fingerprint density at radius 3 is 2.33 bits per heavy atom. The number of nitrogens with zero attached hydrogens (tertiary/aromatic N) is 7. The van der Waals surface area contributed by atoms with Gasteiger partial charge in [0, 0.05) is 81.9 Å². The molecule has 52 heavy (non-hydrogen) atoms. The average Bonchev–Trinajstić information content (AvgIpc) is 3.77. The molecule has 2 aliphatic heterocycles. The second kappa shape index (κ2) is 16.3. The van der Waals surface area contributed by atoms with Crippen molar-refractivity contribution in [1.29, 1.82) is 0 Å². The summed E-state index contributed by atoms with van der Waals surface area (Å²) in [6, 6.07) is 4.41. The second-order valence-electron chi connectivity index (χ2n) is 12.3. The molecule has 0 aliphatic carbocycles. The summed E-state index contributed by atoms with van der Waals surface area (Å²) in [6.45, 7) is 7.53. The van der Waals surface area contributed by atoms with E-state index in [0.29, 0.717) is 37.7 Å². The third-order valence-corrected chi connectivity index (χ3v) is 9.10. The van der Waals surface area contributed by atoms with Crippen molar-refractivity contribution in [2.24, 2.45) is 0 Å². The number of halogens is 2. The van der Waals surface area contributed by atoms with Crippen molar-refractivity contribution in [3.63, 3.8) is 0 Å². The molecular formula is C34H40ClFN12O4. The lowest BCUT2D eigenvalue weighted by atomic mass is 9.99. The van der Waals surface area contributed by atoms with Gasteiger partial charge in [0.1, 0.15) is 11.3 Å². The molecule has 5 heterocycles. The number of fused-ring (bicyclic) bond motifs is 1. The molecule has 7 rings (SSSR count). The highest BCUT2D eigenvalue weighted by Gasteiger charge is 2.25. The minimum atomic E-state index is -0.697. The predicted molar refractivity (Wildman–Crippen MR) is 194 cm³/mol. The van der Waals surface area contributed by atoms with Crippen LogP contribution in [-0.4, -0.2) is 123 Å². The number of hydrogen-bond acceptors (Lipinski definition) is 12.